The van der Waals surface area contributed by atoms with E-state index in [9.17, 15) is 9.59 Å². The third kappa shape index (κ3) is 2.77. The van der Waals surface area contributed by atoms with Crippen LogP contribution >= 0.6 is 0 Å². The lowest BCUT2D eigenvalue weighted by atomic mass is 10.1. The number of anilines is 1. The number of carboxylic acids is 1. The molecule has 2 N–H and O–H groups in total. The lowest BCUT2D eigenvalue weighted by Crippen LogP contribution is -2.31. The number of carbonyl (C=O) groups is 1. The standard InChI is InChI=1S/C13H17N3O3/c17-11(18)7-10(8-1-2-8)15-12-13(19)16(6-5-14-12)9-3-4-9/h5-6,8-10H,1-4,7H2,(H,14,15)(H,17,18). The predicted molar refractivity (Wildman–Crippen MR) is 69.2 cm³/mol. The highest BCUT2D eigenvalue weighted by Gasteiger charge is 2.34. The van der Waals surface area contributed by atoms with Crippen molar-refractivity contribution in [1.82, 2.24) is 9.55 Å². The highest BCUT2D eigenvalue weighted by molar-refractivity contribution is 5.68. The summed E-state index contributed by atoms with van der Waals surface area (Å²) < 4.78 is 1.69. The third-order valence-corrected chi connectivity index (χ3v) is 3.72. The van der Waals surface area contributed by atoms with Crippen LogP contribution in [0.3, 0.4) is 0 Å². The van der Waals surface area contributed by atoms with Crippen LogP contribution in [0.5, 0.6) is 0 Å². The largest absolute Gasteiger partial charge is 0.481 e. The molecule has 0 bridgehead atoms. The van der Waals surface area contributed by atoms with Crippen molar-refractivity contribution in [3.63, 3.8) is 0 Å². The molecule has 0 radical (unpaired) electrons. The smallest absolute Gasteiger partial charge is 0.305 e. The van der Waals surface area contributed by atoms with Gasteiger partial charge in [0.05, 0.1) is 6.42 Å². The molecule has 0 spiro atoms. The molecule has 19 heavy (non-hydrogen) atoms. The van der Waals surface area contributed by atoms with Gasteiger partial charge in [0, 0.05) is 24.5 Å². The van der Waals surface area contributed by atoms with Crippen LogP contribution in [0.2, 0.25) is 0 Å². The van der Waals surface area contributed by atoms with E-state index in [4.69, 9.17) is 5.11 Å². The maximum atomic E-state index is 12.2. The van der Waals surface area contributed by atoms with Gasteiger partial charge in [-0.3, -0.25) is 9.59 Å². The van der Waals surface area contributed by atoms with Gasteiger partial charge in [-0.2, -0.15) is 0 Å². The molecule has 2 fully saturated rings. The summed E-state index contributed by atoms with van der Waals surface area (Å²) in [7, 11) is 0. The van der Waals surface area contributed by atoms with E-state index in [2.05, 4.69) is 10.3 Å². The Morgan fingerprint density at radius 1 is 1.47 bits per heavy atom. The van der Waals surface area contributed by atoms with Crippen molar-refractivity contribution in [2.75, 3.05) is 5.32 Å². The second-order valence-corrected chi connectivity index (χ2v) is 5.41. The molecule has 2 saturated carbocycles. The quantitative estimate of drug-likeness (QED) is 0.806. The predicted octanol–water partition coefficient (Wildman–Crippen LogP) is 1.24. The zero-order valence-electron chi connectivity index (χ0n) is 10.6. The van der Waals surface area contributed by atoms with E-state index >= 15 is 0 Å². The van der Waals surface area contributed by atoms with Crippen LogP contribution in [-0.4, -0.2) is 26.7 Å². The molecule has 2 aliphatic rings. The molecule has 2 aliphatic carbocycles. The minimum Gasteiger partial charge on any atom is -0.481 e. The lowest BCUT2D eigenvalue weighted by Gasteiger charge is -2.17. The SMILES string of the molecule is O=C(O)CC(Nc1nccn(C2CC2)c1=O)C1CC1. The number of carboxylic acid groups (broad SMARTS) is 1. The van der Waals surface area contributed by atoms with Crippen LogP contribution < -0.4 is 10.9 Å². The molecule has 0 saturated heterocycles. The summed E-state index contributed by atoms with van der Waals surface area (Å²) in [5.41, 5.74) is -0.138. The number of aromatic nitrogens is 2. The first-order chi connectivity index (χ1) is 9.15. The highest BCUT2D eigenvalue weighted by atomic mass is 16.4. The van der Waals surface area contributed by atoms with Gasteiger partial charge in [0.25, 0.3) is 5.56 Å². The first kappa shape index (κ1) is 12.2. The molecular formula is C13H17N3O3. The van der Waals surface area contributed by atoms with Crippen molar-refractivity contribution in [3.05, 3.63) is 22.7 Å². The van der Waals surface area contributed by atoms with Crippen molar-refractivity contribution in [1.29, 1.82) is 0 Å². The number of nitrogens with zero attached hydrogens (tertiary/aromatic N) is 2. The van der Waals surface area contributed by atoms with E-state index in [1.807, 2.05) is 0 Å². The fraction of sp³-hybridized carbons (Fsp3) is 0.615. The first-order valence-electron chi connectivity index (χ1n) is 6.70. The number of aliphatic carboxylic acids is 1. The van der Waals surface area contributed by atoms with Crippen LogP contribution in [0, 0.1) is 5.92 Å². The molecule has 1 unspecified atom stereocenters. The number of rotatable bonds is 6. The fourth-order valence-electron chi connectivity index (χ4n) is 2.36. The van der Waals surface area contributed by atoms with Gasteiger partial charge in [-0.25, -0.2) is 4.98 Å². The third-order valence-electron chi connectivity index (χ3n) is 3.72. The summed E-state index contributed by atoms with van der Waals surface area (Å²) in [6, 6.07) is 0.114. The summed E-state index contributed by atoms with van der Waals surface area (Å²) in [6.45, 7) is 0. The van der Waals surface area contributed by atoms with Crippen LogP contribution in [0.1, 0.15) is 38.1 Å². The van der Waals surface area contributed by atoms with E-state index in [1.54, 1.807) is 17.0 Å². The van der Waals surface area contributed by atoms with Crippen LogP contribution in [0.4, 0.5) is 5.82 Å². The van der Waals surface area contributed by atoms with E-state index < -0.39 is 5.97 Å². The molecular weight excluding hydrogens is 246 g/mol. The minimum absolute atomic E-state index is 0.0319. The van der Waals surface area contributed by atoms with E-state index in [0.717, 1.165) is 25.7 Å². The molecule has 1 atom stereocenters. The van der Waals surface area contributed by atoms with Gasteiger partial charge in [-0.1, -0.05) is 0 Å². The zero-order valence-corrected chi connectivity index (χ0v) is 10.6. The normalized spacial score (nSPS) is 20.0. The molecule has 3 rings (SSSR count). The Morgan fingerprint density at radius 2 is 2.21 bits per heavy atom. The summed E-state index contributed by atoms with van der Waals surface area (Å²) in [6.07, 6.45) is 7.45. The Kier molecular flexibility index (Phi) is 3.00. The zero-order chi connectivity index (χ0) is 13.4. The van der Waals surface area contributed by atoms with Crippen molar-refractivity contribution in [2.45, 2.75) is 44.2 Å². The number of hydrogen-bond acceptors (Lipinski definition) is 4. The van der Waals surface area contributed by atoms with Gasteiger partial charge < -0.3 is 15.0 Å². The van der Waals surface area contributed by atoms with Crippen LogP contribution in [-0.2, 0) is 4.79 Å². The van der Waals surface area contributed by atoms with E-state index in [-0.39, 0.29) is 23.8 Å². The summed E-state index contributed by atoms with van der Waals surface area (Å²) >= 11 is 0. The molecule has 0 aromatic carbocycles. The monoisotopic (exact) mass is 263 g/mol. The highest BCUT2D eigenvalue weighted by Crippen LogP contribution is 2.36. The summed E-state index contributed by atoms with van der Waals surface area (Å²) in [5, 5.41) is 12.0. The average molecular weight is 263 g/mol. The van der Waals surface area contributed by atoms with Gasteiger partial charge in [-0.05, 0) is 31.6 Å². The van der Waals surface area contributed by atoms with Gasteiger partial charge in [0.15, 0.2) is 5.82 Å². The topological polar surface area (TPSA) is 84.2 Å². The van der Waals surface area contributed by atoms with Gasteiger partial charge in [0.1, 0.15) is 0 Å². The van der Waals surface area contributed by atoms with Gasteiger partial charge in [0.2, 0.25) is 0 Å². The average Bonchev–Trinajstić information content (AvgIpc) is 3.24. The molecule has 1 aromatic heterocycles. The van der Waals surface area contributed by atoms with E-state index in [0.29, 0.717) is 12.0 Å². The van der Waals surface area contributed by atoms with E-state index in [1.165, 1.54) is 0 Å². The molecule has 6 nitrogen and oxygen atoms in total. The Balaban J connectivity index is 1.79. The first-order valence-corrected chi connectivity index (χ1v) is 6.70. The molecule has 0 aliphatic heterocycles. The number of hydrogen-bond donors (Lipinski definition) is 2. The summed E-state index contributed by atoms with van der Waals surface area (Å²) in [4.78, 5) is 27.1. The molecule has 1 aromatic rings. The van der Waals surface area contributed by atoms with Crippen LogP contribution in [0.15, 0.2) is 17.2 Å². The Morgan fingerprint density at radius 3 is 2.79 bits per heavy atom. The van der Waals surface area contributed by atoms with Crippen molar-refractivity contribution < 1.29 is 9.90 Å². The number of nitrogens with one attached hydrogen (secondary N) is 1. The van der Waals surface area contributed by atoms with Crippen LogP contribution in [0.25, 0.3) is 0 Å². The fourth-order valence-corrected chi connectivity index (χ4v) is 2.36. The maximum absolute atomic E-state index is 12.2. The second-order valence-electron chi connectivity index (χ2n) is 5.41. The lowest BCUT2D eigenvalue weighted by molar-refractivity contribution is -0.137. The molecule has 6 heteroatoms. The molecule has 1 heterocycles. The minimum atomic E-state index is -0.845. The molecule has 102 valence electrons. The second kappa shape index (κ2) is 4.68. The Labute approximate surface area is 110 Å². The van der Waals surface area contributed by atoms with Gasteiger partial charge >= 0.3 is 5.97 Å². The maximum Gasteiger partial charge on any atom is 0.305 e. The Hall–Kier alpha value is -1.85. The Bertz CT molecular complexity index is 546. The van der Waals surface area contributed by atoms with Crippen molar-refractivity contribution in [2.24, 2.45) is 5.92 Å². The van der Waals surface area contributed by atoms with Gasteiger partial charge in [-0.15, -0.1) is 0 Å². The van der Waals surface area contributed by atoms with Crippen molar-refractivity contribution in [3.8, 4) is 0 Å². The summed E-state index contributed by atoms with van der Waals surface area (Å²) in [5.74, 6) is -0.206. The molecule has 0 amide bonds. The van der Waals surface area contributed by atoms with Crippen molar-refractivity contribution >= 4 is 11.8 Å².